The van der Waals surface area contributed by atoms with E-state index >= 15 is 0 Å². The van der Waals surface area contributed by atoms with Crippen molar-refractivity contribution < 1.29 is 18.0 Å². The number of carbonyl (C=O) groups excluding carboxylic acids is 2. The molecule has 0 aliphatic heterocycles. The quantitative estimate of drug-likeness (QED) is 0.342. The highest BCUT2D eigenvalue weighted by Gasteiger charge is 2.31. The van der Waals surface area contributed by atoms with Crippen LogP contribution in [0.25, 0.3) is 0 Å². The van der Waals surface area contributed by atoms with Crippen molar-refractivity contribution in [3.63, 3.8) is 0 Å². The van der Waals surface area contributed by atoms with Crippen LogP contribution in [-0.4, -0.2) is 37.7 Å². The summed E-state index contributed by atoms with van der Waals surface area (Å²) in [5.74, 6) is -0.439. The topological polar surface area (TPSA) is 95.6 Å². The van der Waals surface area contributed by atoms with Crippen molar-refractivity contribution >= 4 is 33.4 Å². The molecule has 0 aromatic heterocycles. The minimum absolute atomic E-state index is 0.0337. The number of amides is 2. The Labute approximate surface area is 229 Å². The Morgan fingerprint density at radius 2 is 1.58 bits per heavy atom. The second-order valence-electron chi connectivity index (χ2n) is 9.40. The van der Waals surface area contributed by atoms with Crippen molar-refractivity contribution in [2.45, 2.75) is 56.1 Å². The van der Waals surface area contributed by atoms with Gasteiger partial charge in [0.05, 0.1) is 4.90 Å². The lowest BCUT2D eigenvalue weighted by molar-refractivity contribution is -0.141. The van der Waals surface area contributed by atoms with Gasteiger partial charge in [0, 0.05) is 30.6 Å². The predicted octanol–water partition coefficient (Wildman–Crippen LogP) is 4.62. The molecule has 0 radical (unpaired) electrons. The van der Waals surface area contributed by atoms with Gasteiger partial charge in [-0.1, -0.05) is 66.2 Å². The highest BCUT2D eigenvalue weighted by Crippen LogP contribution is 2.26. The molecule has 1 aliphatic rings. The molecule has 0 unspecified atom stereocenters. The third-order valence-electron chi connectivity index (χ3n) is 6.37. The number of hydrogen-bond donors (Lipinski definition) is 2. The van der Waals surface area contributed by atoms with Crippen molar-refractivity contribution in [1.29, 1.82) is 0 Å². The largest absolute Gasteiger partial charge is 0.354 e. The molecule has 9 heteroatoms. The van der Waals surface area contributed by atoms with Gasteiger partial charge in [-0.15, -0.1) is 0 Å². The third kappa shape index (κ3) is 7.43. The zero-order chi connectivity index (χ0) is 27.1. The summed E-state index contributed by atoms with van der Waals surface area (Å²) in [5.41, 5.74) is 2.41. The van der Waals surface area contributed by atoms with E-state index in [1.165, 1.54) is 0 Å². The van der Waals surface area contributed by atoms with Gasteiger partial charge in [0.15, 0.2) is 0 Å². The van der Waals surface area contributed by atoms with Crippen LogP contribution in [0.3, 0.4) is 0 Å². The van der Waals surface area contributed by atoms with E-state index in [1.54, 1.807) is 41.3 Å². The Balaban J connectivity index is 1.54. The molecule has 200 valence electrons. The summed E-state index contributed by atoms with van der Waals surface area (Å²) in [6, 6.07) is 22.3. The van der Waals surface area contributed by atoms with E-state index in [1.807, 2.05) is 49.4 Å². The van der Waals surface area contributed by atoms with Crippen molar-refractivity contribution in [2.24, 2.45) is 0 Å². The fraction of sp³-hybridized carbons (Fsp3) is 0.310. The maximum atomic E-state index is 13.7. The SMILES string of the molecule is CCNC(=O)[C@H](c1ccccc1)N(Cc1ccc(Cl)cc1)C(=O)CCc1ccc(S(=O)(=O)NC2CC2)cc1. The number of hydrogen-bond acceptors (Lipinski definition) is 4. The Kier molecular flexibility index (Phi) is 9.20. The molecule has 3 aromatic carbocycles. The molecule has 1 saturated carbocycles. The number of rotatable bonds is 12. The molecule has 0 saturated heterocycles. The number of nitrogens with zero attached hydrogens (tertiary/aromatic N) is 1. The maximum absolute atomic E-state index is 13.7. The number of halogens is 1. The number of benzene rings is 3. The van der Waals surface area contributed by atoms with Crippen LogP contribution in [0, 0.1) is 0 Å². The molecule has 3 aromatic rings. The smallest absolute Gasteiger partial charge is 0.247 e. The van der Waals surface area contributed by atoms with Gasteiger partial charge in [0.25, 0.3) is 0 Å². The molecule has 0 spiro atoms. The number of aryl methyl sites for hydroxylation is 1. The highest BCUT2D eigenvalue weighted by atomic mass is 35.5. The second kappa shape index (κ2) is 12.6. The lowest BCUT2D eigenvalue weighted by Gasteiger charge is -2.31. The number of nitrogens with one attached hydrogen (secondary N) is 2. The number of likely N-dealkylation sites (N-methyl/N-ethyl adjacent to an activating group) is 1. The van der Waals surface area contributed by atoms with E-state index in [0.717, 1.165) is 29.5 Å². The summed E-state index contributed by atoms with van der Waals surface area (Å²) in [6.07, 6.45) is 2.30. The molecule has 1 aliphatic carbocycles. The average Bonchev–Trinajstić information content (AvgIpc) is 3.72. The van der Waals surface area contributed by atoms with Gasteiger partial charge < -0.3 is 10.2 Å². The van der Waals surface area contributed by atoms with Crippen LogP contribution in [-0.2, 0) is 32.6 Å². The van der Waals surface area contributed by atoms with Gasteiger partial charge in [0.2, 0.25) is 21.8 Å². The van der Waals surface area contributed by atoms with Crippen LogP contribution < -0.4 is 10.0 Å². The second-order valence-corrected chi connectivity index (χ2v) is 11.5. The Morgan fingerprint density at radius 3 is 2.18 bits per heavy atom. The molecular weight excluding hydrogens is 522 g/mol. The first kappa shape index (κ1) is 27.8. The molecule has 7 nitrogen and oxygen atoms in total. The highest BCUT2D eigenvalue weighted by molar-refractivity contribution is 7.89. The van der Waals surface area contributed by atoms with Crippen molar-refractivity contribution in [2.75, 3.05) is 6.54 Å². The van der Waals surface area contributed by atoms with Crippen LogP contribution in [0.2, 0.25) is 5.02 Å². The van der Waals surface area contributed by atoms with Gasteiger partial charge in [-0.2, -0.15) is 0 Å². The summed E-state index contributed by atoms with van der Waals surface area (Å²) in [6.45, 7) is 2.52. The molecule has 4 rings (SSSR count). The van der Waals surface area contributed by atoms with Crippen LogP contribution in [0.1, 0.15) is 48.9 Å². The van der Waals surface area contributed by atoms with Gasteiger partial charge in [-0.05, 0) is 67.1 Å². The summed E-state index contributed by atoms with van der Waals surface area (Å²) in [4.78, 5) is 28.7. The van der Waals surface area contributed by atoms with Crippen molar-refractivity contribution in [1.82, 2.24) is 14.9 Å². The van der Waals surface area contributed by atoms with E-state index in [4.69, 9.17) is 11.6 Å². The molecule has 38 heavy (non-hydrogen) atoms. The van der Waals surface area contributed by atoms with Crippen LogP contribution in [0.5, 0.6) is 0 Å². The summed E-state index contributed by atoms with van der Waals surface area (Å²) in [5, 5.41) is 3.46. The lowest BCUT2D eigenvalue weighted by atomic mass is 10.0. The van der Waals surface area contributed by atoms with E-state index in [0.29, 0.717) is 18.0 Å². The first-order valence-corrected chi connectivity index (χ1v) is 14.6. The van der Waals surface area contributed by atoms with Crippen molar-refractivity contribution in [3.8, 4) is 0 Å². The summed E-state index contributed by atoms with van der Waals surface area (Å²) in [7, 11) is -3.53. The monoisotopic (exact) mass is 553 g/mol. The molecule has 2 amide bonds. The molecule has 1 fully saturated rings. The summed E-state index contributed by atoms with van der Waals surface area (Å²) < 4.78 is 27.6. The van der Waals surface area contributed by atoms with Gasteiger partial charge in [0.1, 0.15) is 6.04 Å². The first-order chi connectivity index (χ1) is 18.3. The van der Waals surface area contributed by atoms with E-state index in [2.05, 4.69) is 10.0 Å². The zero-order valence-electron chi connectivity index (χ0n) is 21.3. The standard InChI is InChI=1S/C29H32ClN3O4S/c1-2-31-29(35)28(23-6-4-3-5-7-23)33(20-22-8-13-24(30)14-9-22)27(34)19-12-21-10-17-26(18-11-21)38(36,37)32-25-15-16-25/h3-11,13-14,17-18,25,28,32H,2,12,15-16,19-20H2,1H3,(H,31,35)/t28-/m0/s1. The molecule has 0 bridgehead atoms. The molecule has 0 heterocycles. The lowest BCUT2D eigenvalue weighted by Crippen LogP contribution is -2.43. The van der Waals surface area contributed by atoms with E-state index in [-0.39, 0.29) is 35.7 Å². The maximum Gasteiger partial charge on any atom is 0.247 e. The van der Waals surface area contributed by atoms with Crippen LogP contribution >= 0.6 is 11.6 Å². The molecular formula is C29H32ClN3O4S. The van der Waals surface area contributed by atoms with E-state index < -0.39 is 16.1 Å². The predicted molar refractivity (Wildman–Crippen MR) is 148 cm³/mol. The molecule has 2 N–H and O–H groups in total. The number of sulfonamides is 1. The third-order valence-corrected chi connectivity index (χ3v) is 8.16. The first-order valence-electron chi connectivity index (χ1n) is 12.7. The Hall–Kier alpha value is -3.20. The zero-order valence-corrected chi connectivity index (χ0v) is 22.8. The normalized spacial score (nSPS) is 14.1. The van der Waals surface area contributed by atoms with Gasteiger partial charge in [-0.3, -0.25) is 9.59 Å². The Morgan fingerprint density at radius 1 is 0.947 bits per heavy atom. The van der Waals surface area contributed by atoms with E-state index in [9.17, 15) is 18.0 Å². The fourth-order valence-corrected chi connectivity index (χ4v) is 5.64. The number of carbonyl (C=O) groups is 2. The minimum Gasteiger partial charge on any atom is -0.354 e. The average molecular weight is 554 g/mol. The van der Waals surface area contributed by atoms with Gasteiger partial charge in [-0.25, -0.2) is 13.1 Å². The summed E-state index contributed by atoms with van der Waals surface area (Å²) >= 11 is 6.06. The van der Waals surface area contributed by atoms with Crippen LogP contribution in [0.15, 0.2) is 83.8 Å². The minimum atomic E-state index is -3.53. The molecule has 1 atom stereocenters. The fourth-order valence-electron chi connectivity index (χ4n) is 4.21. The van der Waals surface area contributed by atoms with Gasteiger partial charge >= 0.3 is 0 Å². The Bertz CT molecular complexity index is 1340. The van der Waals surface area contributed by atoms with Crippen LogP contribution in [0.4, 0.5) is 0 Å². The van der Waals surface area contributed by atoms with Crippen molar-refractivity contribution in [3.05, 3.63) is 101 Å².